The first kappa shape index (κ1) is 15.8. The van der Waals surface area contributed by atoms with Crippen molar-refractivity contribution in [2.24, 2.45) is 17.8 Å². The van der Waals surface area contributed by atoms with Gasteiger partial charge < -0.3 is 5.11 Å². The number of aliphatic hydroxyl groups excluding tert-OH is 1. The molecule has 4 atom stereocenters. The summed E-state index contributed by atoms with van der Waals surface area (Å²) in [5.41, 5.74) is 0. The van der Waals surface area contributed by atoms with Crippen molar-refractivity contribution in [1.82, 2.24) is 4.90 Å². The van der Waals surface area contributed by atoms with Crippen LogP contribution in [0, 0.1) is 17.8 Å². The van der Waals surface area contributed by atoms with Crippen molar-refractivity contribution in [1.29, 1.82) is 0 Å². The van der Waals surface area contributed by atoms with Crippen LogP contribution < -0.4 is 0 Å². The first-order valence-electron chi connectivity index (χ1n) is 9.70. The van der Waals surface area contributed by atoms with Crippen LogP contribution in [-0.2, 0) is 0 Å². The fourth-order valence-electron chi connectivity index (χ4n) is 5.47. The Morgan fingerprint density at radius 2 is 1.81 bits per heavy atom. The standard InChI is InChI=1S/C19H35NO/c1-2-6-15-10-11-19(21)17(13-15)14-20-12-5-9-18(20)16-7-3-4-8-16/h15-19,21H,2-14H2,1H3. The summed E-state index contributed by atoms with van der Waals surface area (Å²) in [6.07, 6.45) is 14.9. The van der Waals surface area contributed by atoms with Gasteiger partial charge in [-0.05, 0) is 69.2 Å². The summed E-state index contributed by atoms with van der Waals surface area (Å²) in [6, 6.07) is 0.853. The van der Waals surface area contributed by atoms with E-state index in [1.165, 1.54) is 77.3 Å². The normalized spacial score (nSPS) is 39.1. The minimum Gasteiger partial charge on any atom is -0.393 e. The Balaban J connectivity index is 1.55. The van der Waals surface area contributed by atoms with E-state index in [0.717, 1.165) is 24.3 Å². The third kappa shape index (κ3) is 3.82. The van der Waals surface area contributed by atoms with Gasteiger partial charge in [0.1, 0.15) is 0 Å². The van der Waals surface area contributed by atoms with Gasteiger partial charge in [0.15, 0.2) is 0 Å². The van der Waals surface area contributed by atoms with Gasteiger partial charge in [-0.1, -0.05) is 32.6 Å². The number of nitrogens with zero attached hydrogens (tertiary/aromatic N) is 1. The van der Waals surface area contributed by atoms with E-state index in [0.29, 0.717) is 5.92 Å². The minimum atomic E-state index is -0.0251. The highest BCUT2D eigenvalue weighted by molar-refractivity contribution is 4.90. The van der Waals surface area contributed by atoms with Crippen LogP contribution >= 0.6 is 0 Å². The fraction of sp³-hybridized carbons (Fsp3) is 1.00. The summed E-state index contributed by atoms with van der Waals surface area (Å²) >= 11 is 0. The zero-order chi connectivity index (χ0) is 14.7. The molecular formula is C19H35NO. The number of aliphatic hydroxyl groups is 1. The van der Waals surface area contributed by atoms with Crippen LogP contribution in [-0.4, -0.2) is 35.2 Å². The van der Waals surface area contributed by atoms with Crippen LogP contribution in [0.25, 0.3) is 0 Å². The van der Waals surface area contributed by atoms with Gasteiger partial charge in [-0.25, -0.2) is 0 Å². The molecule has 21 heavy (non-hydrogen) atoms. The molecule has 0 aromatic rings. The van der Waals surface area contributed by atoms with E-state index in [-0.39, 0.29) is 6.10 Å². The molecule has 1 heterocycles. The van der Waals surface area contributed by atoms with Gasteiger partial charge >= 0.3 is 0 Å². The predicted octanol–water partition coefficient (Wildman–Crippen LogP) is 4.22. The summed E-state index contributed by atoms with van der Waals surface area (Å²) in [4.78, 5) is 2.78. The first-order valence-corrected chi connectivity index (χ1v) is 9.70. The minimum absolute atomic E-state index is 0.0251. The van der Waals surface area contributed by atoms with Crippen LogP contribution in [0.15, 0.2) is 0 Å². The molecule has 1 saturated heterocycles. The molecule has 2 aliphatic carbocycles. The average Bonchev–Trinajstić information content (AvgIpc) is 3.13. The lowest BCUT2D eigenvalue weighted by Crippen LogP contribution is -2.43. The van der Waals surface area contributed by atoms with Gasteiger partial charge in [0.2, 0.25) is 0 Å². The number of rotatable bonds is 5. The second-order valence-electron chi connectivity index (χ2n) is 8.04. The third-order valence-electron chi connectivity index (χ3n) is 6.58. The lowest BCUT2D eigenvalue weighted by molar-refractivity contribution is 0.0189. The Labute approximate surface area is 131 Å². The van der Waals surface area contributed by atoms with Crippen LogP contribution in [0.5, 0.6) is 0 Å². The van der Waals surface area contributed by atoms with Crippen molar-refractivity contribution >= 4 is 0 Å². The molecule has 4 unspecified atom stereocenters. The number of likely N-dealkylation sites (tertiary alicyclic amines) is 1. The quantitative estimate of drug-likeness (QED) is 0.820. The highest BCUT2D eigenvalue weighted by Gasteiger charge is 2.37. The Morgan fingerprint density at radius 3 is 2.57 bits per heavy atom. The molecule has 2 nitrogen and oxygen atoms in total. The molecule has 2 saturated carbocycles. The maximum atomic E-state index is 10.4. The monoisotopic (exact) mass is 293 g/mol. The van der Waals surface area contributed by atoms with Gasteiger partial charge in [-0.2, -0.15) is 0 Å². The second kappa shape index (κ2) is 7.46. The summed E-state index contributed by atoms with van der Waals surface area (Å²) < 4.78 is 0. The number of hydrogen-bond acceptors (Lipinski definition) is 2. The Hall–Kier alpha value is -0.0800. The van der Waals surface area contributed by atoms with Crippen LogP contribution in [0.2, 0.25) is 0 Å². The maximum absolute atomic E-state index is 10.4. The molecule has 0 bridgehead atoms. The molecule has 122 valence electrons. The Bertz CT molecular complexity index is 313. The topological polar surface area (TPSA) is 23.5 Å². The van der Waals surface area contributed by atoms with Crippen LogP contribution in [0.4, 0.5) is 0 Å². The van der Waals surface area contributed by atoms with E-state index in [4.69, 9.17) is 0 Å². The van der Waals surface area contributed by atoms with Crippen molar-refractivity contribution in [3.8, 4) is 0 Å². The molecule has 2 heteroatoms. The maximum Gasteiger partial charge on any atom is 0.0580 e. The van der Waals surface area contributed by atoms with Crippen molar-refractivity contribution in [2.45, 2.75) is 89.7 Å². The largest absolute Gasteiger partial charge is 0.393 e. The third-order valence-corrected chi connectivity index (χ3v) is 6.58. The molecule has 0 aromatic carbocycles. The molecule has 3 aliphatic rings. The first-order chi connectivity index (χ1) is 10.3. The molecular weight excluding hydrogens is 258 g/mol. The summed E-state index contributed by atoms with van der Waals surface area (Å²) in [5, 5.41) is 10.4. The number of hydrogen-bond donors (Lipinski definition) is 1. The Morgan fingerprint density at radius 1 is 1.00 bits per heavy atom. The van der Waals surface area contributed by atoms with Crippen LogP contribution in [0.3, 0.4) is 0 Å². The van der Waals surface area contributed by atoms with Crippen molar-refractivity contribution in [3.63, 3.8) is 0 Å². The van der Waals surface area contributed by atoms with E-state index in [1.807, 2.05) is 0 Å². The highest BCUT2D eigenvalue weighted by atomic mass is 16.3. The van der Waals surface area contributed by atoms with Crippen LogP contribution in [0.1, 0.15) is 77.6 Å². The predicted molar refractivity (Wildman–Crippen MR) is 88.3 cm³/mol. The molecule has 0 amide bonds. The van der Waals surface area contributed by atoms with E-state index in [2.05, 4.69) is 11.8 Å². The van der Waals surface area contributed by atoms with Crippen molar-refractivity contribution < 1.29 is 5.11 Å². The van der Waals surface area contributed by atoms with Crippen molar-refractivity contribution in [3.05, 3.63) is 0 Å². The molecule has 1 N–H and O–H groups in total. The van der Waals surface area contributed by atoms with Gasteiger partial charge in [0.05, 0.1) is 6.10 Å². The smallest absolute Gasteiger partial charge is 0.0580 e. The summed E-state index contributed by atoms with van der Waals surface area (Å²) in [5.74, 6) is 2.41. The summed E-state index contributed by atoms with van der Waals surface area (Å²) in [7, 11) is 0. The molecule has 0 radical (unpaired) electrons. The van der Waals surface area contributed by atoms with Gasteiger partial charge in [-0.15, -0.1) is 0 Å². The van der Waals surface area contributed by atoms with E-state index in [9.17, 15) is 5.11 Å². The Kier molecular flexibility index (Phi) is 5.61. The van der Waals surface area contributed by atoms with E-state index in [1.54, 1.807) is 0 Å². The molecule has 0 aromatic heterocycles. The van der Waals surface area contributed by atoms with Gasteiger partial charge in [0.25, 0.3) is 0 Å². The van der Waals surface area contributed by atoms with Gasteiger partial charge in [-0.3, -0.25) is 4.90 Å². The van der Waals surface area contributed by atoms with Gasteiger partial charge in [0, 0.05) is 12.6 Å². The summed E-state index contributed by atoms with van der Waals surface area (Å²) in [6.45, 7) is 4.78. The molecule has 0 spiro atoms. The van der Waals surface area contributed by atoms with Crippen molar-refractivity contribution in [2.75, 3.05) is 13.1 Å². The second-order valence-corrected chi connectivity index (χ2v) is 8.04. The lowest BCUT2D eigenvalue weighted by Gasteiger charge is -2.38. The SMILES string of the molecule is CCCC1CCC(O)C(CN2CCCC2C2CCCC2)C1. The van der Waals surface area contributed by atoms with E-state index < -0.39 is 0 Å². The average molecular weight is 293 g/mol. The van der Waals surface area contributed by atoms with E-state index >= 15 is 0 Å². The lowest BCUT2D eigenvalue weighted by atomic mass is 9.77. The molecule has 3 rings (SSSR count). The fourth-order valence-corrected chi connectivity index (χ4v) is 5.47. The highest BCUT2D eigenvalue weighted by Crippen LogP contribution is 2.38. The zero-order valence-electron chi connectivity index (χ0n) is 14.0. The molecule has 3 fully saturated rings. The molecule has 1 aliphatic heterocycles. The zero-order valence-corrected chi connectivity index (χ0v) is 14.0.